The minimum absolute atomic E-state index is 0.100. The molecule has 1 saturated carbocycles. The molecule has 1 aromatic carbocycles. The highest BCUT2D eigenvalue weighted by Gasteiger charge is 2.54. The van der Waals surface area contributed by atoms with E-state index >= 15 is 0 Å². The Morgan fingerprint density at radius 1 is 1.38 bits per heavy atom. The average molecular weight is 322 g/mol. The van der Waals surface area contributed by atoms with Crippen LogP contribution in [0.5, 0.6) is 0 Å². The number of rotatable bonds is 3. The first-order chi connectivity index (χ1) is 9.69. The summed E-state index contributed by atoms with van der Waals surface area (Å²) in [6.07, 6.45) is -3.85. The third-order valence-electron chi connectivity index (χ3n) is 3.27. The van der Waals surface area contributed by atoms with Crippen LogP contribution in [0.3, 0.4) is 0 Å². The Bertz CT molecular complexity index is 612. The molecule has 0 saturated heterocycles. The van der Waals surface area contributed by atoms with Gasteiger partial charge in [-0.25, -0.2) is 0 Å². The fourth-order valence-electron chi connectivity index (χ4n) is 1.90. The predicted octanol–water partition coefficient (Wildman–Crippen LogP) is 2.82. The number of amides is 1. The maximum atomic E-state index is 12.7. The van der Waals surface area contributed by atoms with E-state index in [0.29, 0.717) is 12.8 Å². The highest BCUT2D eigenvalue weighted by molar-refractivity contribution is 6.31. The fourth-order valence-corrected chi connectivity index (χ4v) is 2.13. The van der Waals surface area contributed by atoms with Crippen molar-refractivity contribution in [3.63, 3.8) is 0 Å². The van der Waals surface area contributed by atoms with Crippen molar-refractivity contribution in [2.24, 2.45) is 16.3 Å². The van der Waals surface area contributed by atoms with Gasteiger partial charge in [0.15, 0.2) is 5.84 Å². The molecule has 0 aliphatic heterocycles. The summed E-state index contributed by atoms with van der Waals surface area (Å²) in [5.41, 5.74) is 3.20. The quantitative estimate of drug-likeness (QED) is 0.346. The molecule has 21 heavy (non-hydrogen) atoms. The summed E-state index contributed by atoms with van der Waals surface area (Å²) >= 11 is 5.62. The van der Waals surface area contributed by atoms with E-state index in [1.807, 2.05) is 0 Å². The highest BCUT2D eigenvalue weighted by atomic mass is 35.5. The normalized spacial score (nSPS) is 17.4. The zero-order valence-corrected chi connectivity index (χ0v) is 11.3. The SMILES string of the molecule is N/C(=N/O)C1(C(=O)Nc2cc(Cl)cc(C(F)(F)F)c2)CC1. The van der Waals surface area contributed by atoms with E-state index in [9.17, 15) is 18.0 Å². The van der Waals surface area contributed by atoms with E-state index < -0.39 is 23.1 Å². The first-order valence-electron chi connectivity index (χ1n) is 5.86. The van der Waals surface area contributed by atoms with Gasteiger partial charge >= 0.3 is 6.18 Å². The molecule has 0 heterocycles. The maximum Gasteiger partial charge on any atom is 0.416 e. The number of halogens is 4. The van der Waals surface area contributed by atoms with E-state index in [4.69, 9.17) is 22.5 Å². The van der Waals surface area contributed by atoms with Crippen molar-refractivity contribution < 1.29 is 23.2 Å². The lowest BCUT2D eigenvalue weighted by molar-refractivity contribution is -0.137. The van der Waals surface area contributed by atoms with Crippen LogP contribution in [0, 0.1) is 5.41 Å². The smallest absolute Gasteiger partial charge is 0.409 e. The van der Waals surface area contributed by atoms with Crippen molar-refractivity contribution in [2.45, 2.75) is 19.0 Å². The molecule has 1 aliphatic rings. The molecule has 114 valence electrons. The Labute approximate surface area is 122 Å². The summed E-state index contributed by atoms with van der Waals surface area (Å²) in [5, 5.41) is 13.6. The number of carbonyl (C=O) groups is 1. The molecular weight excluding hydrogens is 311 g/mol. The van der Waals surface area contributed by atoms with Crippen LogP contribution in [0.1, 0.15) is 18.4 Å². The van der Waals surface area contributed by atoms with Crippen molar-refractivity contribution >= 4 is 29.0 Å². The van der Waals surface area contributed by atoms with E-state index in [0.717, 1.165) is 12.1 Å². The Morgan fingerprint density at radius 3 is 2.48 bits per heavy atom. The molecule has 0 bridgehead atoms. The first kappa shape index (κ1) is 15.4. The molecule has 9 heteroatoms. The summed E-state index contributed by atoms with van der Waals surface area (Å²) in [5.74, 6) is -0.897. The van der Waals surface area contributed by atoms with Crippen LogP contribution in [0.4, 0.5) is 18.9 Å². The van der Waals surface area contributed by atoms with Gasteiger partial charge < -0.3 is 16.3 Å². The van der Waals surface area contributed by atoms with Gasteiger partial charge in [-0.2, -0.15) is 13.2 Å². The number of amidine groups is 1. The molecule has 0 aromatic heterocycles. The fraction of sp³-hybridized carbons (Fsp3) is 0.333. The van der Waals surface area contributed by atoms with Gasteiger partial charge in [0.25, 0.3) is 0 Å². The maximum absolute atomic E-state index is 12.7. The zero-order valence-electron chi connectivity index (χ0n) is 10.5. The lowest BCUT2D eigenvalue weighted by atomic mass is 10.0. The standard InChI is InChI=1S/C12H11ClF3N3O2/c13-7-3-6(12(14,15)16)4-8(5-7)18-10(20)11(1-2-11)9(17)19-21/h3-5,21H,1-2H2,(H2,17,19)(H,18,20). The molecule has 1 fully saturated rings. The van der Waals surface area contributed by atoms with Crippen molar-refractivity contribution in [3.8, 4) is 0 Å². The number of alkyl halides is 3. The van der Waals surface area contributed by atoms with Gasteiger partial charge in [0.1, 0.15) is 5.41 Å². The third kappa shape index (κ3) is 3.05. The van der Waals surface area contributed by atoms with Crippen LogP contribution in [0.25, 0.3) is 0 Å². The Kier molecular flexibility index (Phi) is 3.75. The van der Waals surface area contributed by atoms with Crippen LogP contribution in [0.15, 0.2) is 23.4 Å². The molecule has 4 N–H and O–H groups in total. The number of hydrogen-bond acceptors (Lipinski definition) is 3. The summed E-state index contributed by atoms with van der Waals surface area (Å²) in [6, 6.07) is 2.72. The van der Waals surface area contributed by atoms with Crippen LogP contribution in [-0.4, -0.2) is 17.0 Å². The number of benzene rings is 1. The van der Waals surface area contributed by atoms with Crippen LogP contribution >= 0.6 is 11.6 Å². The summed E-state index contributed by atoms with van der Waals surface area (Å²) in [7, 11) is 0. The van der Waals surface area contributed by atoms with Crippen molar-refractivity contribution in [2.75, 3.05) is 5.32 Å². The van der Waals surface area contributed by atoms with Crippen molar-refractivity contribution in [1.29, 1.82) is 0 Å². The zero-order chi connectivity index (χ0) is 15.8. The summed E-state index contributed by atoms with van der Waals surface area (Å²) in [6.45, 7) is 0. The number of nitrogens with one attached hydrogen (secondary N) is 1. The van der Waals surface area contributed by atoms with E-state index in [-0.39, 0.29) is 16.5 Å². The number of nitrogens with two attached hydrogens (primary N) is 1. The third-order valence-corrected chi connectivity index (χ3v) is 3.48. The second-order valence-corrected chi connectivity index (χ2v) is 5.18. The highest BCUT2D eigenvalue weighted by Crippen LogP contribution is 2.47. The van der Waals surface area contributed by atoms with E-state index in [1.54, 1.807) is 0 Å². The molecule has 0 radical (unpaired) electrons. The summed E-state index contributed by atoms with van der Waals surface area (Å²) < 4.78 is 38.0. The second kappa shape index (κ2) is 5.10. The number of nitrogens with zero attached hydrogens (tertiary/aromatic N) is 1. The molecule has 1 amide bonds. The largest absolute Gasteiger partial charge is 0.416 e. The first-order valence-corrected chi connectivity index (χ1v) is 6.24. The van der Waals surface area contributed by atoms with Gasteiger partial charge in [0, 0.05) is 10.7 Å². The molecule has 0 spiro atoms. The van der Waals surface area contributed by atoms with E-state index in [2.05, 4.69) is 10.5 Å². The minimum atomic E-state index is -4.58. The molecule has 0 atom stereocenters. The van der Waals surface area contributed by atoms with Crippen LogP contribution in [-0.2, 0) is 11.0 Å². The second-order valence-electron chi connectivity index (χ2n) is 4.75. The number of oxime groups is 1. The molecule has 1 aromatic rings. The Balaban J connectivity index is 2.25. The van der Waals surface area contributed by atoms with Gasteiger partial charge in [0.2, 0.25) is 5.91 Å². The molecule has 5 nitrogen and oxygen atoms in total. The lowest BCUT2D eigenvalue weighted by Crippen LogP contribution is -2.36. The number of anilines is 1. The lowest BCUT2D eigenvalue weighted by Gasteiger charge is -2.15. The Hall–Kier alpha value is -1.96. The van der Waals surface area contributed by atoms with Crippen LogP contribution in [0.2, 0.25) is 5.02 Å². The van der Waals surface area contributed by atoms with Gasteiger partial charge in [-0.3, -0.25) is 4.79 Å². The molecule has 2 rings (SSSR count). The minimum Gasteiger partial charge on any atom is -0.409 e. The van der Waals surface area contributed by atoms with Crippen molar-refractivity contribution in [3.05, 3.63) is 28.8 Å². The monoisotopic (exact) mass is 321 g/mol. The van der Waals surface area contributed by atoms with Gasteiger partial charge in [-0.05, 0) is 31.0 Å². The van der Waals surface area contributed by atoms with Crippen molar-refractivity contribution in [1.82, 2.24) is 0 Å². The van der Waals surface area contributed by atoms with Gasteiger partial charge in [-0.1, -0.05) is 16.8 Å². The average Bonchev–Trinajstić information content (AvgIpc) is 3.17. The molecule has 0 unspecified atom stereocenters. The topological polar surface area (TPSA) is 87.7 Å². The molecular formula is C12H11ClF3N3O2. The van der Waals surface area contributed by atoms with Gasteiger partial charge in [0.05, 0.1) is 5.56 Å². The van der Waals surface area contributed by atoms with Crippen LogP contribution < -0.4 is 11.1 Å². The van der Waals surface area contributed by atoms with E-state index in [1.165, 1.54) is 6.07 Å². The molecule has 1 aliphatic carbocycles. The number of carbonyl (C=O) groups excluding carboxylic acids is 1. The number of hydrogen-bond donors (Lipinski definition) is 3. The van der Waals surface area contributed by atoms with Gasteiger partial charge in [-0.15, -0.1) is 0 Å². The summed E-state index contributed by atoms with van der Waals surface area (Å²) in [4.78, 5) is 12.1. The predicted molar refractivity (Wildman–Crippen MR) is 70.2 cm³/mol. The Morgan fingerprint density at radius 2 is 2.00 bits per heavy atom.